The van der Waals surface area contributed by atoms with Gasteiger partial charge in [-0.2, -0.15) is 0 Å². The van der Waals surface area contributed by atoms with Crippen molar-refractivity contribution in [1.82, 2.24) is 9.97 Å². The second kappa shape index (κ2) is 6.51. The monoisotopic (exact) mass is 406 g/mol. The van der Waals surface area contributed by atoms with E-state index in [-0.39, 0.29) is 0 Å². The van der Waals surface area contributed by atoms with Crippen molar-refractivity contribution in [2.75, 3.05) is 0 Å². The molecule has 0 aliphatic carbocycles. The molecule has 0 spiro atoms. The average Bonchev–Trinajstić information content (AvgIpc) is 3.31. The molecule has 3 nitrogen and oxygen atoms in total. The maximum atomic E-state index is 6.19. The van der Waals surface area contributed by atoms with E-state index < -0.39 is 0 Å². The van der Waals surface area contributed by atoms with E-state index in [2.05, 4.69) is 72.6 Å². The molecule has 2 aromatic carbocycles. The van der Waals surface area contributed by atoms with Gasteiger partial charge in [0.1, 0.15) is 5.58 Å². The average molecular weight is 407 g/mol. The summed E-state index contributed by atoms with van der Waals surface area (Å²) in [6.07, 6.45) is 1.98. The summed E-state index contributed by atoms with van der Waals surface area (Å²) in [4.78, 5) is 10.7. The molecule has 6 aromatic rings. The van der Waals surface area contributed by atoms with Crippen LogP contribution in [0.25, 0.3) is 53.9 Å². The number of nitrogens with zero attached hydrogens (tertiary/aromatic N) is 2. The number of aromatic nitrogens is 2. The van der Waals surface area contributed by atoms with Gasteiger partial charge in [-0.3, -0.25) is 4.98 Å². The summed E-state index contributed by atoms with van der Waals surface area (Å²) in [6, 6.07) is 23.1. The Balaban J connectivity index is 1.57. The fourth-order valence-electron chi connectivity index (χ4n) is 4.11. The first-order chi connectivity index (χ1) is 14.7. The van der Waals surface area contributed by atoms with Crippen LogP contribution in [0.4, 0.5) is 0 Å². The molecule has 4 heteroatoms. The molecule has 0 saturated carbocycles. The van der Waals surface area contributed by atoms with Crippen LogP contribution in [0.5, 0.6) is 0 Å². The quantitative estimate of drug-likeness (QED) is 0.298. The van der Waals surface area contributed by atoms with Gasteiger partial charge in [-0.15, -0.1) is 11.3 Å². The number of furan rings is 1. The van der Waals surface area contributed by atoms with Crippen LogP contribution in [0.1, 0.15) is 11.3 Å². The highest BCUT2D eigenvalue weighted by atomic mass is 32.1. The summed E-state index contributed by atoms with van der Waals surface area (Å²) < 4.78 is 7.39. The maximum Gasteiger partial charge on any atom is 0.227 e. The van der Waals surface area contributed by atoms with Gasteiger partial charge in [0.05, 0.1) is 10.4 Å². The molecular weight excluding hydrogens is 388 g/mol. The van der Waals surface area contributed by atoms with Crippen LogP contribution < -0.4 is 0 Å². The van der Waals surface area contributed by atoms with Gasteiger partial charge in [-0.25, -0.2) is 4.98 Å². The van der Waals surface area contributed by atoms with E-state index in [0.29, 0.717) is 5.71 Å². The van der Waals surface area contributed by atoms with Crippen molar-refractivity contribution in [2.24, 2.45) is 0 Å². The van der Waals surface area contributed by atoms with E-state index in [1.54, 1.807) is 11.3 Å². The molecule has 0 bridgehead atoms. The Labute approximate surface area is 177 Å². The second-order valence-corrected chi connectivity index (χ2v) is 8.63. The fourth-order valence-corrected chi connectivity index (χ4v) is 5.28. The number of benzene rings is 2. The Morgan fingerprint density at radius 2 is 1.70 bits per heavy atom. The predicted molar refractivity (Wildman–Crippen MR) is 125 cm³/mol. The normalized spacial score (nSPS) is 11.7. The number of pyridine rings is 2. The van der Waals surface area contributed by atoms with Crippen LogP contribution in [0.3, 0.4) is 0 Å². The Kier molecular flexibility index (Phi) is 3.77. The van der Waals surface area contributed by atoms with Crippen LogP contribution in [0, 0.1) is 13.8 Å². The molecule has 4 heterocycles. The Hall–Kier alpha value is -3.50. The van der Waals surface area contributed by atoms with Gasteiger partial charge in [0, 0.05) is 33.1 Å². The fraction of sp³-hybridized carbons (Fsp3) is 0.0769. The van der Waals surface area contributed by atoms with E-state index in [4.69, 9.17) is 9.40 Å². The largest absolute Gasteiger partial charge is 0.437 e. The molecule has 0 aliphatic heterocycles. The second-order valence-electron chi connectivity index (χ2n) is 7.58. The number of thiophene rings is 1. The van der Waals surface area contributed by atoms with Crippen molar-refractivity contribution < 1.29 is 4.42 Å². The standard InChI is InChI=1S/C26H18N2OS/c1-15-11-12-19-18-9-6-10-20(24(18)29-26(19)28-15)22-13-21-16(2)25(30-23(21)14-27-22)17-7-4-3-5-8-17/h3-14H,1-2H3. The van der Waals surface area contributed by atoms with Gasteiger partial charge >= 0.3 is 0 Å². The lowest BCUT2D eigenvalue weighted by molar-refractivity contribution is 0.653. The number of hydrogen-bond acceptors (Lipinski definition) is 4. The van der Waals surface area contributed by atoms with Crippen molar-refractivity contribution in [3.05, 3.63) is 84.2 Å². The Morgan fingerprint density at radius 1 is 0.833 bits per heavy atom. The first-order valence-electron chi connectivity index (χ1n) is 9.93. The minimum atomic E-state index is 0.677. The van der Waals surface area contributed by atoms with Gasteiger partial charge in [0.15, 0.2) is 0 Å². The summed E-state index contributed by atoms with van der Waals surface area (Å²) in [5, 5.41) is 3.35. The molecule has 0 aliphatic rings. The lowest BCUT2D eigenvalue weighted by atomic mass is 10.0. The number of para-hydroxylation sites is 1. The van der Waals surface area contributed by atoms with Crippen LogP contribution in [0.15, 0.2) is 77.3 Å². The molecule has 4 aromatic heterocycles. The van der Waals surface area contributed by atoms with E-state index in [1.165, 1.54) is 26.1 Å². The molecule has 0 fully saturated rings. The summed E-state index contributed by atoms with van der Waals surface area (Å²) in [5.74, 6) is 0. The van der Waals surface area contributed by atoms with E-state index >= 15 is 0 Å². The molecule has 0 saturated heterocycles. The van der Waals surface area contributed by atoms with Crippen LogP contribution >= 0.6 is 11.3 Å². The highest BCUT2D eigenvalue weighted by Crippen LogP contribution is 2.40. The molecular formula is C26H18N2OS. The zero-order chi connectivity index (χ0) is 20.2. The van der Waals surface area contributed by atoms with Gasteiger partial charge in [-0.05, 0) is 54.6 Å². The Morgan fingerprint density at radius 3 is 2.57 bits per heavy atom. The molecule has 0 unspecified atom stereocenters. The zero-order valence-corrected chi connectivity index (χ0v) is 17.5. The smallest absolute Gasteiger partial charge is 0.227 e. The first kappa shape index (κ1) is 17.4. The highest BCUT2D eigenvalue weighted by molar-refractivity contribution is 7.22. The summed E-state index contributed by atoms with van der Waals surface area (Å²) >= 11 is 1.79. The third kappa shape index (κ3) is 2.57. The van der Waals surface area contributed by atoms with Gasteiger partial charge in [0.25, 0.3) is 0 Å². The first-order valence-corrected chi connectivity index (χ1v) is 10.7. The summed E-state index contributed by atoms with van der Waals surface area (Å²) in [6.45, 7) is 4.17. The van der Waals surface area contributed by atoms with Crippen molar-refractivity contribution >= 4 is 43.5 Å². The predicted octanol–water partition coefficient (Wildman–Crippen LogP) is 7.54. The highest BCUT2D eigenvalue weighted by Gasteiger charge is 2.16. The number of hydrogen-bond donors (Lipinski definition) is 0. The molecule has 0 amide bonds. The minimum absolute atomic E-state index is 0.677. The van der Waals surface area contributed by atoms with Crippen molar-refractivity contribution in [1.29, 1.82) is 0 Å². The van der Waals surface area contributed by atoms with Crippen molar-refractivity contribution in [3.8, 4) is 21.7 Å². The van der Waals surface area contributed by atoms with E-state index in [9.17, 15) is 0 Å². The third-order valence-corrected chi connectivity index (χ3v) is 6.93. The summed E-state index contributed by atoms with van der Waals surface area (Å²) in [7, 11) is 0. The minimum Gasteiger partial charge on any atom is -0.437 e. The lowest BCUT2D eigenvalue weighted by Gasteiger charge is -2.03. The van der Waals surface area contributed by atoms with Gasteiger partial charge in [-0.1, -0.05) is 42.5 Å². The number of rotatable bonds is 2. The van der Waals surface area contributed by atoms with Crippen LogP contribution in [0.2, 0.25) is 0 Å². The zero-order valence-electron chi connectivity index (χ0n) is 16.6. The molecule has 0 atom stereocenters. The number of aryl methyl sites for hydroxylation is 2. The third-order valence-electron chi connectivity index (χ3n) is 5.64. The van der Waals surface area contributed by atoms with Crippen molar-refractivity contribution in [3.63, 3.8) is 0 Å². The number of fused-ring (bicyclic) bond motifs is 4. The maximum absolute atomic E-state index is 6.19. The van der Waals surface area contributed by atoms with E-state index in [0.717, 1.165) is 33.3 Å². The van der Waals surface area contributed by atoms with E-state index in [1.807, 2.05) is 19.2 Å². The molecule has 144 valence electrons. The van der Waals surface area contributed by atoms with Gasteiger partial charge in [0.2, 0.25) is 5.71 Å². The van der Waals surface area contributed by atoms with Crippen LogP contribution in [-0.2, 0) is 0 Å². The topological polar surface area (TPSA) is 38.9 Å². The molecule has 0 radical (unpaired) electrons. The molecule has 6 rings (SSSR count). The molecule has 30 heavy (non-hydrogen) atoms. The van der Waals surface area contributed by atoms with Crippen molar-refractivity contribution in [2.45, 2.75) is 13.8 Å². The summed E-state index contributed by atoms with van der Waals surface area (Å²) in [5.41, 5.74) is 6.93. The Bertz CT molecular complexity index is 1560. The SMILES string of the molecule is Cc1ccc2c(n1)oc1c(-c3cc4c(C)c(-c5ccccc5)sc4cn3)cccc12. The lowest BCUT2D eigenvalue weighted by Crippen LogP contribution is -1.84. The molecule has 0 N–H and O–H groups in total. The van der Waals surface area contributed by atoms with Crippen LogP contribution in [-0.4, -0.2) is 9.97 Å². The van der Waals surface area contributed by atoms with Gasteiger partial charge < -0.3 is 4.42 Å².